The average Bonchev–Trinajstić information content (AvgIpc) is 2.61. The molecule has 0 aliphatic carbocycles. The van der Waals surface area contributed by atoms with E-state index in [-0.39, 0.29) is 27.1 Å². The molecule has 10 heteroatoms. The molecule has 0 aliphatic rings. The molecule has 2 aromatic rings. The van der Waals surface area contributed by atoms with E-state index < -0.39 is 17.6 Å². The Kier molecular flexibility index (Phi) is 6.50. The van der Waals surface area contributed by atoms with Gasteiger partial charge in [0.2, 0.25) is 0 Å². The van der Waals surface area contributed by atoms with Gasteiger partial charge < -0.3 is 14.8 Å². The number of rotatable bonds is 4. The van der Waals surface area contributed by atoms with Gasteiger partial charge in [0.25, 0.3) is 5.91 Å². The Morgan fingerprint density at radius 1 is 1.11 bits per heavy atom. The molecule has 5 nitrogen and oxygen atoms in total. The van der Waals surface area contributed by atoms with Crippen LogP contribution in [0.15, 0.2) is 36.4 Å². The minimum atomic E-state index is -4.65. The average molecular weight is 419 g/mol. The number of hydrogen-bond donors (Lipinski definition) is 2. The molecule has 0 bridgehead atoms. The van der Waals surface area contributed by atoms with Crippen molar-refractivity contribution in [1.82, 2.24) is 5.32 Å². The number of methoxy groups -OCH3 is 2. The molecule has 0 heterocycles. The Hall–Kier alpha value is -2.52. The molecule has 2 N–H and O–H groups in total. The van der Waals surface area contributed by atoms with Gasteiger partial charge in [0.1, 0.15) is 11.5 Å². The molecule has 2 rings (SSSR count). The van der Waals surface area contributed by atoms with Crippen LogP contribution in [0.2, 0.25) is 5.02 Å². The van der Waals surface area contributed by atoms with Crippen molar-refractivity contribution >= 4 is 40.5 Å². The van der Waals surface area contributed by atoms with Crippen LogP contribution in [0.25, 0.3) is 0 Å². The first-order valence-electron chi connectivity index (χ1n) is 7.36. The molecule has 2 aromatic carbocycles. The third kappa shape index (κ3) is 5.24. The van der Waals surface area contributed by atoms with Crippen LogP contribution in [-0.4, -0.2) is 25.2 Å². The van der Waals surface area contributed by atoms with Crippen molar-refractivity contribution < 1.29 is 27.4 Å². The third-order valence-electron chi connectivity index (χ3n) is 3.42. The Morgan fingerprint density at radius 3 is 2.41 bits per heavy atom. The molecular weight excluding hydrogens is 405 g/mol. The number of hydrogen-bond acceptors (Lipinski definition) is 4. The number of benzene rings is 2. The third-order valence-corrected chi connectivity index (χ3v) is 3.85. The maximum Gasteiger partial charge on any atom is 0.418 e. The lowest BCUT2D eigenvalue weighted by Crippen LogP contribution is -2.34. The molecule has 144 valence electrons. The van der Waals surface area contributed by atoms with Gasteiger partial charge >= 0.3 is 6.18 Å². The summed E-state index contributed by atoms with van der Waals surface area (Å²) >= 11 is 10.6. The number of alkyl halides is 3. The second-order valence-corrected chi connectivity index (χ2v) is 6.01. The van der Waals surface area contributed by atoms with Crippen LogP contribution in [0.3, 0.4) is 0 Å². The Bertz CT molecular complexity index is 875. The van der Waals surface area contributed by atoms with Crippen molar-refractivity contribution in [3.63, 3.8) is 0 Å². The normalized spacial score (nSPS) is 10.9. The highest BCUT2D eigenvalue weighted by Gasteiger charge is 2.34. The summed E-state index contributed by atoms with van der Waals surface area (Å²) in [6.07, 6.45) is -4.65. The van der Waals surface area contributed by atoms with Crippen molar-refractivity contribution in [1.29, 1.82) is 0 Å². The van der Waals surface area contributed by atoms with E-state index >= 15 is 0 Å². The highest BCUT2D eigenvalue weighted by atomic mass is 35.5. The predicted octanol–water partition coefficient (Wildman–Crippen LogP) is 4.50. The predicted molar refractivity (Wildman–Crippen MR) is 99.7 cm³/mol. The largest absolute Gasteiger partial charge is 0.497 e. The second-order valence-electron chi connectivity index (χ2n) is 5.16. The Labute approximate surface area is 163 Å². The minimum absolute atomic E-state index is 0.0780. The van der Waals surface area contributed by atoms with Gasteiger partial charge in [-0.05, 0) is 42.5 Å². The van der Waals surface area contributed by atoms with Crippen LogP contribution in [0.1, 0.15) is 15.9 Å². The SMILES string of the molecule is COc1ccc(C(=O)NC(=S)Nc2ccc(Cl)cc2C(F)(F)F)c(OC)c1. The fourth-order valence-electron chi connectivity index (χ4n) is 2.17. The van der Waals surface area contributed by atoms with Crippen molar-refractivity contribution in [3.8, 4) is 11.5 Å². The zero-order chi connectivity index (χ0) is 20.2. The number of nitrogens with one attached hydrogen (secondary N) is 2. The van der Waals surface area contributed by atoms with Crippen LogP contribution in [0.4, 0.5) is 18.9 Å². The topological polar surface area (TPSA) is 59.6 Å². The van der Waals surface area contributed by atoms with Gasteiger partial charge in [-0.2, -0.15) is 13.2 Å². The minimum Gasteiger partial charge on any atom is -0.497 e. The van der Waals surface area contributed by atoms with Gasteiger partial charge in [-0.3, -0.25) is 10.1 Å². The smallest absolute Gasteiger partial charge is 0.418 e. The van der Waals surface area contributed by atoms with E-state index in [4.69, 9.17) is 33.3 Å². The van der Waals surface area contributed by atoms with Crippen molar-refractivity contribution in [2.45, 2.75) is 6.18 Å². The molecule has 0 atom stereocenters. The maximum absolute atomic E-state index is 13.1. The highest BCUT2D eigenvalue weighted by Crippen LogP contribution is 2.36. The van der Waals surface area contributed by atoms with Crippen LogP contribution < -0.4 is 20.1 Å². The van der Waals surface area contributed by atoms with Crippen LogP contribution in [0, 0.1) is 0 Å². The molecule has 0 aromatic heterocycles. The number of carbonyl (C=O) groups is 1. The summed E-state index contributed by atoms with van der Waals surface area (Å²) in [4.78, 5) is 12.4. The lowest BCUT2D eigenvalue weighted by molar-refractivity contribution is -0.136. The van der Waals surface area contributed by atoms with Crippen molar-refractivity contribution in [3.05, 3.63) is 52.5 Å². The van der Waals surface area contributed by atoms with Gasteiger partial charge in [-0.25, -0.2) is 0 Å². The van der Waals surface area contributed by atoms with Gasteiger partial charge in [0.05, 0.1) is 31.0 Å². The van der Waals surface area contributed by atoms with E-state index in [0.717, 1.165) is 12.1 Å². The highest BCUT2D eigenvalue weighted by molar-refractivity contribution is 7.80. The standard InChI is InChI=1S/C17H14ClF3N2O3S/c1-25-10-4-5-11(14(8-10)26-2)15(24)23-16(27)22-13-6-3-9(18)7-12(13)17(19,20)21/h3-8H,1-2H3,(H2,22,23,24,27). The van der Waals surface area contributed by atoms with E-state index in [0.29, 0.717) is 5.75 Å². The zero-order valence-corrected chi connectivity index (χ0v) is 15.7. The van der Waals surface area contributed by atoms with Crippen LogP contribution >= 0.6 is 23.8 Å². The van der Waals surface area contributed by atoms with Gasteiger partial charge in [0, 0.05) is 11.1 Å². The molecular formula is C17H14ClF3N2O3S. The molecule has 0 saturated heterocycles. The fourth-order valence-corrected chi connectivity index (χ4v) is 2.54. The second kappa shape index (κ2) is 8.45. The zero-order valence-electron chi connectivity index (χ0n) is 14.1. The summed E-state index contributed by atoms with van der Waals surface area (Å²) in [5, 5.41) is 4.28. The number of ether oxygens (including phenoxy) is 2. The molecule has 0 unspecified atom stereocenters. The van der Waals surface area contributed by atoms with E-state index in [2.05, 4.69) is 10.6 Å². The molecule has 27 heavy (non-hydrogen) atoms. The summed E-state index contributed by atoms with van der Waals surface area (Å²) in [7, 11) is 2.82. The number of halogens is 4. The summed E-state index contributed by atoms with van der Waals surface area (Å²) in [5.41, 5.74) is -1.21. The Balaban J connectivity index is 2.18. The molecule has 0 fully saturated rings. The van der Waals surface area contributed by atoms with Gasteiger partial charge in [-0.1, -0.05) is 11.6 Å². The molecule has 0 aliphatic heterocycles. The first-order valence-corrected chi connectivity index (χ1v) is 8.15. The number of carbonyl (C=O) groups excluding carboxylic acids is 1. The molecule has 0 radical (unpaired) electrons. The number of anilines is 1. The van der Waals surface area contributed by atoms with E-state index in [1.807, 2.05) is 0 Å². The van der Waals surface area contributed by atoms with Crippen LogP contribution in [-0.2, 0) is 6.18 Å². The molecule has 0 spiro atoms. The summed E-state index contributed by atoms with van der Waals surface area (Å²) in [6.45, 7) is 0. The lowest BCUT2D eigenvalue weighted by atomic mass is 10.1. The van der Waals surface area contributed by atoms with Crippen LogP contribution in [0.5, 0.6) is 11.5 Å². The van der Waals surface area contributed by atoms with E-state index in [1.165, 1.54) is 38.5 Å². The maximum atomic E-state index is 13.1. The monoisotopic (exact) mass is 418 g/mol. The Morgan fingerprint density at radius 2 is 1.81 bits per heavy atom. The number of amides is 1. The number of thiocarbonyl (C=S) groups is 1. The first-order chi connectivity index (χ1) is 12.7. The lowest BCUT2D eigenvalue weighted by Gasteiger charge is -2.16. The van der Waals surface area contributed by atoms with Gasteiger partial charge in [0.15, 0.2) is 5.11 Å². The summed E-state index contributed by atoms with van der Waals surface area (Å²) < 4.78 is 49.5. The quantitative estimate of drug-likeness (QED) is 0.716. The summed E-state index contributed by atoms with van der Waals surface area (Å²) in [6, 6.07) is 7.63. The summed E-state index contributed by atoms with van der Waals surface area (Å²) in [5.74, 6) is 0.0340. The first kappa shape index (κ1) is 20.8. The van der Waals surface area contributed by atoms with E-state index in [9.17, 15) is 18.0 Å². The van der Waals surface area contributed by atoms with Crippen molar-refractivity contribution in [2.75, 3.05) is 19.5 Å². The molecule has 0 saturated carbocycles. The van der Waals surface area contributed by atoms with E-state index in [1.54, 1.807) is 0 Å². The molecule has 1 amide bonds. The fraction of sp³-hybridized carbons (Fsp3) is 0.176. The van der Waals surface area contributed by atoms with Gasteiger partial charge in [-0.15, -0.1) is 0 Å². The van der Waals surface area contributed by atoms with Crippen molar-refractivity contribution in [2.24, 2.45) is 0 Å².